The molecule has 1 atom stereocenters. The van der Waals surface area contributed by atoms with Crippen molar-refractivity contribution >= 4 is 16.7 Å². The predicted octanol–water partition coefficient (Wildman–Crippen LogP) is 2.53. The number of rotatable bonds is 4. The molecule has 0 aliphatic heterocycles. The molecule has 108 valence electrons. The Morgan fingerprint density at radius 1 is 1.24 bits per heavy atom. The molecule has 0 spiro atoms. The summed E-state index contributed by atoms with van der Waals surface area (Å²) in [4.78, 5) is 4.11. The van der Waals surface area contributed by atoms with Crippen LogP contribution < -0.4 is 4.74 Å². The number of ether oxygens (including phenoxy) is 1. The Labute approximate surface area is 125 Å². The molecule has 2 aromatic heterocycles. The monoisotopic (exact) mass is 301 g/mol. The average molecular weight is 301 g/mol. The van der Waals surface area contributed by atoms with Gasteiger partial charge in [-0.15, -0.1) is 0 Å². The average Bonchev–Trinajstić information content (AvgIpc) is 2.91. The Kier molecular flexibility index (Phi) is 3.81. The van der Waals surface area contributed by atoms with Gasteiger partial charge in [0.2, 0.25) is 0 Å². The lowest BCUT2D eigenvalue weighted by molar-refractivity contribution is 0.341. The van der Waals surface area contributed by atoms with Gasteiger partial charge in [0.15, 0.2) is 0 Å². The normalized spacial score (nSPS) is 12.5. The summed E-state index contributed by atoms with van der Waals surface area (Å²) in [6.45, 7) is 2.55. The Bertz CT molecular complexity index is 770. The molecule has 0 radical (unpaired) electrons. The zero-order valence-corrected chi connectivity index (χ0v) is 12.6. The molecule has 3 aromatic rings. The van der Waals surface area contributed by atoms with Crippen molar-refractivity contribution in [2.24, 2.45) is 0 Å². The van der Waals surface area contributed by atoms with Crippen LogP contribution in [-0.4, -0.2) is 32.0 Å². The summed E-state index contributed by atoms with van der Waals surface area (Å²) in [6.07, 6.45) is 3.25. The van der Waals surface area contributed by atoms with Crippen molar-refractivity contribution < 1.29 is 9.29 Å². The first-order valence-corrected chi connectivity index (χ1v) is 8.17. The van der Waals surface area contributed by atoms with Crippen LogP contribution in [0.1, 0.15) is 6.92 Å². The summed E-state index contributed by atoms with van der Waals surface area (Å²) < 4.78 is 19.0. The molecule has 3 rings (SSSR count). The second-order valence-electron chi connectivity index (χ2n) is 4.48. The van der Waals surface area contributed by atoms with E-state index in [1.165, 1.54) is 0 Å². The summed E-state index contributed by atoms with van der Waals surface area (Å²) in [6, 6.07) is 11.7. The molecule has 0 saturated heterocycles. The minimum Gasteiger partial charge on any atom is -0.609 e. The van der Waals surface area contributed by atoms with Crippen LogP contribution in [0.2, 0.25) is 0 Å². The summed E-state index contributed by atoms with van der Waals surface area (Å²) in [7, 11) is 0. The van der Waals surface area contributed by atoms with Gasteiger partial charge in [0, 0.05) is 16.7 Å². The third kappa shape index (κ3) is 2.59. The maximum Gasteiger partial charge on any atom is 0.359 e. The number of nitrogens with zero attached hydrogens (tertiary/aromatic N) is 3. The Morgan fingerprint density at radius 2 is 2.05 bits per heavy atom. The molecule has 0 saturated carbocycles. The van der Waals surface area contributed by atoms with Crippen molar-refractivity contribution in [3.05, 3.63) is 42.6 Å². The van der Waals surface area contributed by atoms with Crippen LogP contribution in [0.5, 0.6) is 5.75 Å². The minimum absolute atomic E-state index is 0.314. The quantitative estimate of drug-likeness (QED) is 0.695. The van der Waals surface area contributed by atoms with Crippen LogP contribution in [0, 0.1) is 0 Å². The van der Waals surface area contributed by atoms with Gasteiger partial charge in [-0.25, -0.2) is 4.52 Å². The Balaban J connectivity index is 2.18. The third-order valence-electron chi connectivity index (χ3n) is 3.10. The van der Waals surface area contributed by atoms with E-state index in [2.05, 4.69) is 10.1 Å². The van der Waals surface area contributed by atoms with E-state index in [9.17, 15) is 4.55 Å². The van der Waals surface area contributed by atoms with Gasteiger partial charge in [0.05, 0.1) is 24.0 Å². The number of fused-ring (bicyclic) bond motifs is 1. The van der Waals surface area contributed by atoms with E-state index < -0.39 is 11.2 Å². The summed E-state index contributed by atoms with van der Waals surface area (Å²) >= 11 is -1.22. The molecule has 0 fully saturated rings. The van der Waals surface area contributed by atoms with Crippen molar-refractivity contribution in [1.29, 1.82) is 0 Å². The smallest absolute Gasteiger partial charge is 0.359 e. The number of hydrogen-bond acceptors (Lipinski definition) is 4. The zero-order valence-electron chi connectivity index (χ0n) is 11.8. The number of para-hydroxylation sites is 1. The minimum atomic E-state index is -1.22. The second kappa shape index (κ2) is 5.75. The van der Waals surface area contributed by atoms with Gasteiger partial charge in [0.1, 0.15) is 12.0 Å². The summed E-state index contributed by atoms with van der Waals surface area (Å²) in [5, 5.41) is 4.68. The van der Waals surface area contributed by atoms with Crippen molar-refractivity contribution in [1.82, 2.24) is 14.6 Å². The maximum absolute atomic E-state index is 11.6. The fourth-order valence-corrected chi connectivity index (χ4v) is 2.58. The second-order valence-corrected chi connectivity index (χ2v) is 5.75. The molecular formula is C15H15N3O2S. The van der Waals surface area contributed by atoms with E-state index in [1.54, 1.807) is 17.0 Å². The highest BCUT2D eigenvalue weighted by Crippen LogP contribution is 2.30. The van der Waals surface area contributed by atoms with Crippen LogP contribution in [0.15, 0.2) is 47.8 Å². The van der Waals surface area contributed by atoms with Crippen molar-refractivity contribution in [2.75, 3.05) is 12.9 Å². The highest BCUT2D eigenvalue weighted by atomic mass is 32.2. The van der Waals surface area contributed by atoms with Crippen molar-refractivity contribution in [3.63, 3.8) is 0 Å². The highest BCUT2D eigenvalue weighted by molar-refractivity contribution is 7.90. The van der Waals surface area contributed by atoms with Crippen LogP contribution in [0.4, 0.5) is 0 Å². The zero-order chi connectivity index (χ0) is 14.8. The van der Waals surface area contributed by atoms with Crippen LogP contribution in [-0.2, 0) is 11.2 Å². The van der Waals surface area contributed by atoms with Gasteiger partial charge < -0.3 is 9.29 Å². The molecule has 0 N–H and O–H groups in total. The van der Waals surface area contributed by atoms with E-state index in [1.807, 2.05) is 43.3 Å². The Hall–Kier alpha value is -2.05. The number of benzene rings is 1. The summed E-state index contributed by atoms with van der Waals surface area (Å²) in [5.41, 5.74) is 2.69. The molecule has 21 heavy (non-hydrogen) atoms. The topological polar surface area (TPSA) is 62.5 Å². The Morgan fingerprint density at radius 3 is 2.81 bits per heavy atom. The lowest BCUT2D eigenvalue weighted by Crippen LogP contribution is -2.08. The van der Waals surface area contributed by atoms with E-state index in [-0.39, 0.29) is 0 Å². The van der Waals surface area contributed by atoms with Crippen molar-refractivity contribution in [2.45, 2.75) is 12.1 Å². The van der Waals surface area contributed by atoms with E-state index in [0.717, 1.165) is 22.5 Å². The van der Waals surface area contributed by atoms with E-state index in [0.29, 0.717) is 11.8 Å². The van der Waals surface area contributed by atoms with Gasteiger partial charge in [0.25, 0.3) is 0 Å². The van der Waals surface area contributed by atoms with Gasteiger partial charge >= 0.3 is 5.16 Å². The lowest BCUT2D eigenvalue weighted by atomic mass is 10.1. The number of aromatic nitrogens is 3. The molecule has 0 aliphatic carbocycles. The van der Waals surface area contributed by atoms with Gasteiger partial charge in [-0.05, 0) is 31.2 Å². The lowest BCUT2D eigenvalue weighted by Gasteiger charge is -2.10. The largest absolute Gasteiger partial charge is 0.609 e. The maximum atomic E-state index is 11.6. The first-order chi connectivity index (χ1) is 10.2. The molecule has 2 heterocycles. The van der Waals surface area contributed by atoms with Gasteiger partial charge in [-0.3, -0.25) is 0 Å². The molecule has 1 unspecified atom stereocenters. The van der Waals surface area contributed by atoms with E-state index in [4.69, 9.17) is 4.74 Å². The summed E-state index contributed by atoms with van der Waals surface area (Å²) in [5.74, 6) is 0.804. The van der Waals surface area contributed by atoms with Gasteiger partial charge in [-0.1, -0.05) is 17.2 Å². The molecule has 1 aromatic carbocycles. The van der Waals surface area contributed by atoms with Crippen LogP contribution in [0.25, 0.3) is 16.8 Å². The number of hydrogen-bond donors (Lipinski definition) is 0. The van der Waals surface area contributed by atoms with Crippen LogP contribution >= 0.6 is 0 Å². The predicted molar refractivity (Wildman–Crippen MR) is 81.9 cm³/mol. The first-order valence-electron chi connectivity index (χ1n) is 6.61. The standard InChI is InChI=1S/C15H15N3O2S/c1-3-20-14-7-5-4-6-12(14)13-9-8-11-10-16-15(21(2)19)17-18(11)13/h4-10H,3H2,1-2H3. The molecule has 6 heteroatoms. The highest BCUT2D eigenvalue weighted by Gasteiger charge is 2.14. The fraction of sp³-hybridized carbons (Fsp3) is 0.200. The molecule has 5 nitrogen and oxygen atoms in total. The van der Waals surface area contributed by atoms with Crippen LogP contribution in [0.3, 0.4) is 0 Å². The SMILES string of the molecule is CCOc1ccccc1-c1ccc2cnc([S+](C)[O-])nn12. The first kappa shape index (κ1) is 13.9. The third-order valence-corrected chi connectivity index (χ3v) is 3.80. The molecular weight excluding hydrogens is 286 g/mol. The molecule has 0 bridgehead atoms. The molecule has 0 amide bonds. The fourth-order valence-electron chi connectivity index (χ4n) is 2.18. The molecule has 0 aliphatic rings. The van der Waals surface area contributed by atoms with Crippen molar-refractivity contribution in [3.8, 4) is 17.0 Å². The van der Waals surface area contributed by atoms with E-state index >= 15 is 0 Å². The van der Waals surface area contributed by atoms with Gasteiger partial charge in [-0.2, -0.15) is 4.98 Å².